The zero-order valence-electron chi connectivity index (χ0n) is 14.1. The molecule has 0 saturated carbocycles. The molecule has 170 valence electrons. The van der Waals surface area contributed by atoms with Gasteiger partial charge in [0.05, 0.1) is 0 Å². The summed E-state index contributed by atoms with van der Waals surface area (Å²) in [6.07, 6.45) is 0. The van der Waals surface area contributed by atoms with Crippen molar-refractivity contribution in [3.8, 4) is 0 Å². The molecular weight excluding hydrogens is 708 g/mol. The number of aliphatic carboxylic acids is 6. The molecule has 0 aromatic carbocycles. The molecular formula is C12H12O12S4Sb2-4. The molecule has 18 heteroatoms. The van der Waals surface area contributed by atoms with Gasteiger partial charge < -0.3 is 70.9 Å². The van der Waals surface area contributed by atoms with Crippen molar-refractivity contribution in [3.63, 3.8) is 0 Å². The van der Waals surface area contributed by atoms with Crippen molar-refractivity contribution in [3.05, 3.63) is 0 Å². The fourth-order valence-corrected chi connectivity index (χ4v) is 1.98. The Bertz CT molecular complexity index is 509. The Kier molecular flexibility index (Phi) is 20.0. The van der Waals surface area contributed by atoms with Crippen LogP contribution in [-0.2, 0) is 79.3 Å². The van der Waals surface area contributed by atoms with Crippen LogP contribution in [0.3, 0.4) is 0 Å². The first-order valence-electron chi connectivity index (χ1n) is 6.76. The van der Waals surface area contributed by atoms with Gasteiger partial charge in [-0.15, -0.1) is 0 Å². The van der Waals surface area contributed by atoms with Gasteiger partial charge in [0.1, 0.15) is 0 Å². The van der Waals surface area contributed by atoms with E-state index in [0.29, 0.717) is 0 Å². The van der Waals surface area contributed by atoms with Gasteiger partial charge >= 0.3 is 85.5 Å². The van der Waals surface area contributed by atoms with Crippen LogP contribution in [0.25, 0.3) is 0 Å². The molecule has 0 fully saturated rings. The molecule has 0 bridgehead atoms. The van der Waals surface area contributed by atoms with E-state index in [1.165, 1.54) is 0 Å². The minimum atomic E-state index is -1.42. The third-order valence-corrected chi connectivity index (χ3v) is 9.61. The van der Waals surface area contributed by atoms with E-state index < -0.39 is 64.5 Å². The maximum absolute atomic E-state index is 10.2. The van der Waals surface area contributed by atoms with Crippen LogP contribution in [0.4, 0.5) is 0 Å². The van der Waals surface area contributed by atoms with Crippen molar-refractivity contribution in [2.24, 2.45) is 0 Å². The van der Waals surface area contributed by atoms with E-state index in [9.17, 15) is 28.8 Å². The van der Waals surface area contributed by atoms with Crippen LogP contribution >= 0.6 is 0 Å². The molecule has 6 N–H and O–H groups in total. The summed E-state index contributed by atoms with van der Waals surface area (Å²) in [5.74, 6) is -7.53. The first-order chi connectivity index (χ1) is 13.4. The fraction of sp³-hybridized carbons (Fsp3) is 0.500. The van der Waals surface area contributed by atoms with Crippen LogP contribution in [0, 0.1) is 0 Å². The second kappa shape index (κ2) is 17.4. The van der Waals surface area contributed by atoms with E-state index in [4.69, 9.17) is 30.6 Å². The van der Waals surface area contributed by atoms with E-state index >= 15 is 0 Å². The Balaban J connectivity index is -0.000000364. The van der Waals surface area contributed by atoms with E-state index in [1.54, 1.807) is 0 Å². The second-order valence-corrected chi connectivity index (χ2v) is 9.81. The Morgan fingerprint density at radius 2 is 0.567 bits per heavy atom. The molecule has 6 unspecified atom stereocenters. The summed E-state index contributed by atoms with van der Waals surface area (Å²) in [4.78, 5) is 60.4. The van der Waals surface area contributed by atoms with Gasteiger partial charge in [-0.25, -0.2) is 0 Å². The number of carboxylic acid groups (broad SMARTS) is 6. The van der Waals surface area contributed by atoms with Gasteiger partial charge in [-0.05, 0) is 0 Å². The van der Waals surface area contributed by atoms with Crippen LogP contribution in [0.15, 0.2) is 0 Å². The first-order valence-corrected chi connectivity index (χ1v) is 11.6. The molecule has 0 heterocycles. The summed E-state index contributed by atoms with van der Waals surface area (Å²) in [6.45, 7) is 0. The van der Waals surface area contributed by atoms with Crippen molar-refractivity contribution in [2.75, 3.05) is 0 Å². The quantitative estimate of drug-likeness (QED) is 0.103. The van der Waals surface area contributed by atoms with Crippen LogP contribution in [0.5, 0.6) is 0 Å². The molecule has 0 saturated heterocycles. The molecule has 0 amide bonds. The molecule has 0 aliphatic heterocycles. The van der Waals surface area contributed by atoms with Crippen molar-refractivity contribution in [2.45, 2.75) is 28.7 Å². The van der Waals surface area contributed by atoms with Crippen LogP contribution in [0.1, 0.15) is 0 Å². The summed E-state index contributed by atoms with van der Waals surface area (Å²) in [5.41, 5.74) is 0. The Morgan fingerprint density at radius 1 is 0.433 bits per heavy atom. The van der Waals surface area contributed by atoms with E-state index in [0.717, 1.165) is 46.0 Å². The predicted molar refractivity (Wildman–Crippen MR) is 109 cm³/mol. The van der Waals surface area contributed by atoms with Gasteiger partial charge in [-0.3, -0.25) is 19.2 Å². The second-order valence-electron chi connectivity index (χ2n) is 4.60. The molecule has 4 radical (unpaired) electrons. The Labute approximate surface area is 218 Å². The van der Waals surface area contributed by atoms with E-state index in [1.807, 2.05) is 0 Å². The summed E-state index contributed by atoms with van der Waals surface area (Å²) in [5, 5.41) is 43.7. The normalized spacial score (nSPS) is 15.8. The number of carboxylic acids is 6. The average molecular weight is 720 g/mol. The molecule has 0 aromatic rings. The van der Waals surface area contributed by atoms with Crippen LogP contribution in [0.2, 0.25) is 7.73 Å². The zero-order chi connectivity index (χ0) is 24.9. The van der Waals surface area contributed by atoms with Crippen molar-refractivity contribution >= 4 is 132 Å². The van der Waals surface area contributed by atoms with Gasteiger partial charge in [0.2, 0.25) is 0 Å². The van der Waals surface area contributed by atoms with Crippen molar-refractivity contribution in [1.82, 2.24) is 0 Å². The third-order valence-electron chi connectivity index (χ3n) is 2.33. The van der Waals surface area contributed by atoms with E-state index in [2.05, 4.69) is 50.5 Å². The number of hydrogen-bond donors (Lipinski definition) is 6. The average Bonchev–Trinajstić information content (AvgIpc) is 2.64. The maximum atomic E-state index is 10.2. The minimum absolute atomic E-state index is 0.750. The number of rotatable bonds is 9. The van der Waals surface area contributed by atoms with Crippen molar-refractivity contribution in [1.29, 1.82) is 0 Å². The summed E-state index contributed by atoms with van der Waals surface area (Å²) in [6, 6.07) is 0. The van der Waals surface area contributed by atoms with Crippen LogP contribution in [-0.4, -0.2) is 133 Å². The predicted octanol–water partition coefficient (Wildman–Crippen LogP) is -2.96. The topological polar surface area (TPSA) is 224 Å². The summed E-state index contributed by atoms with van der Waals surface area (Å²) in [7, 11) is 0. The molecule has 30 heavy (non-hydrogen) atoms. The molecule has 0 spiro atoms. The fourth-order valence-electron chi connectivity index (χ4n) is 0.788. The standard InChI is InChI=1S/2C4H6O4S2.C4H4O4.2Sb/c2*5-3(6)1(9)2(10)4(7)8;5-3(6)1-2-4(7)8;;/h2*1-2,9-10H,(H,5,6)(H,7,8);1-2H,(H,5,6)(H,7,8);;/p-4. The van der Waals surface area contributed by atoms with E-state index in [-0.39, 0.29) is 0 Å². The monoisotopic (exact) mass is 718 g/mol. The summed E-state index contributed by atoms with van der Waals surface area (Å²) >= 11 is 19.2. The molecule has 6 atom stereocenters. The van der Waals surface area contributed by atoms with Gasteiger partial charge in [-0.1, -0.05) is 21.0 Å². The van der Waals surface area contributed by atoms with Gasteiger partial charge in [0, 0.05) is 0 Å². The van der Waals surface area contributed by atoms with Crippen molar-refractivity contribution < 1.29 is 59.4 Å². The van der Waals surface area contributed by atoms with Crippen LogP contribution < -0.4 is 0 Å². The molecule has 0 aromatic heterocycles. The van der Waals surface area contributed by atoms with Gasteiger partial charge in [-0.2, -0.15) is 0 Å². The van der Waals surface area contributed by atoms with Gasteiger partial charge in [0.25, 0.3) is 23.9 Å². The number of carbonyl (C=O) groups is 6. The molecule has 0 aliphatic carbocycles. The Hall–Kier alpha value is -0.144. The molecule has 0 rings (SSSR count). The first kappa shape index (κ1) is 34.5. The summed E-state index contributed by atoms with van der Waals surface area (Å²) < 4.78 is -1.50. The zero-order valence-corrected chi connectivity index (χ0v) is 22.5. The van der Waals surface area contributed by atoms with Gasteiger partial charge in [0.15, 0.2) is 0 Å². The third kappa shape index (κ3) is 15.6. The molecule has 12 nitrogen and oxygen atoms in total. The number of hydrogen-bond acceptors (Lipinski definition) is 10. The SMILES string of the molecule is O=C(O)C([S-])C([S-])C(=O)O.O=C(O)C([S-])C([S-])C(=O)O.O=C(O)[CH]([Sb])[CH]([Sb])C(=O)O. The Morgan fingerprint density at radius 3 is 0.633 bits per heavy atom. The molecule has 0 aliphatic rings.